The third kappa shape index (κ3) is 3.65. The van der Waals surface area contributed by atoms with E-state index in [1.807, 2.05) is 35.2 Å². The van der Waals surface area contributed by atoms with E-state index in [2.05, 4.69) is 52.5 Å². The molecule has 1 atom stereocenters. The number of nitrogens with zero attached hydrogens (tertiary/aromatic N) is 3. The molecule has 5 heteroatoms. The summed E-state index contributed by atoms with van der Waals surface area (Å²) in [5, 5.41) is 0. The molecule has 0 radical (unpaired) electrons. The van der Waals surface area contributed by atoms with Crippen molar-refractivity contribution < 1.29 is 4.79 Å². The van der Waals surface area contributed by atoms with Crippen LogP contribution in [0, 0.1) is 5.92 Å². The van der Waals surface area contributed by atoms with Crippen molar-refractivity contribution in [3.05, 3.63) is 58.8 Å². The molecule has 0 saturated carbocycles. The third-order valence-corrected chi connectivity index (χ3v) is 5.77. The predicted octanol–water partition coefficient (Wildman–Crippen LogP) is 5.37. The van der Waals surface area contributed by atoms with Crippen molar-refractivity contribution in [3.8, 4) is 0 Å². The van der Waals surface area contributed by atoms with Crippen LogP contribution in [-0.2, 0) is 11.3 Å². The van der Waals surface area contributed by atoms with Crippen LogP contribution in [0.4, 0.5) is 5.69 Å². The van der Waals surface area contributed by atoms with E-state index in [1.165, 1.54) is 5.52 Å². The van der Waals surface area contributed by atoms with E-state index >= 15 is 0 Å². The molecule has 0 aliphatic carbocycles. The number of aromatic nitrogens is 2. The number of aryl methyl sites for hydroxylation is 1. The maximum Gasteiger partial charge on any atom is 0.227 e. The molecule has 0 unspecified atom stereocenters. The van der Waals surface area contributed by atoms with Gasteiger partial charge < -0.3 is 9.47 Å². The van der Waals surface area contributed by atoms with Gasteiger partial charge in [-0.3, -0.25) is 4.79 Å². The van der Waals surface area contributed by atoms with Gasteiger partial charge in [-0.05, 0) is 48.7 Å². The van der Waals surface area contributed by atoms with Gasteiger partial charge in [0.25, 0.3) is 0 Å². The van der Waals surface area contributed by atoms with E-state index in [1.54, 1.807) is 0 Å². The van der Waals surface area contributed by atoms with Crippen molar-refractivity contribution in [2.24, 2.45) is 5.92 Å². The second kappa shape index (κ2) is 7.47. The highest BCUT2D eigenvalue weighted by Gasteiger charge is 2.34. The number of fused-ring (bicyclic) bond motifs is 1. The van der Waals surface area contributed by atoms with E-state index in [-0.39, 0.29) is 11.8 Å². The van der Waals surface area contributed by atoms with Gasteiger partial charge in [0.2, 0.25) is 5.91 Å². The van der Waals surface area contributed by atoms with Gasteiger partial charge in [-0.1, -0.05) is 41.9 Å². The largest absolute Gasteiger partial charge is 0.328 e. The topological polar surface area (TPSA) is 38.1 Å². The van der Waals surface area contributed by atoms with Gasteiger partial charge in [0, 0.05) is 35.6 Å². The molecule has 4 nitrogen and oxygen atoms in total. The molecule has 1 aliphatic heterocycles. The summed E-state index contributed by atoms with van der Waals surface area (Å²) in [6.45, 7) is 6.11. The first kappa shape index (κ1) is 18.2. The molecule has 2 aromatic carbocycles. The lowest BCUT2D eigenvalue weighted by Gasteiger charge is -2.18. The van der Waals surface area contributed by atoms with Crippen molar-refractivity contribution >= 4 is 38.6 Å². The molecule has 3 aromatic rings. The number of carbonyl (C=O) groups is 1. The van der Waals surface area contributed by atoms with E-state index in [0.717, 1.165) is 34.5 Å². The third-order valence-electron chi connectivity index (χ3n) is 5.24. The first-order chi connectivity index (χ1) is 13.0. The Kier molecular flexibility index (Phi) is 5.04. The van der Waals surface area contributed by atoms with Crippen molar-refractivity contribution in [2.75, 3.05) is 11.4 Å². The van der Waals surface area contributed by atoms with E-state index in [9.17, 15) is 4.79 Å². The number of rotatable bonds is 5. The number of halogens is 1. The Bertz CT molecular complexity index is 961. The molecule has 2 heterocycles. The van der Waals surface area contributed by atoms with Crippen LogP contribution < -0.4 is 4.90 Å². The minimum Gasteiger partial charge on any atom is -0.328 e. The van der Waals surface area contributed by atoms with Crippen LogP contribution in [0.25, 0.3) is 11.0 Å². The predicted molar refractivity (Wildman–Crippen MR) is 113 cm³/mol. The molecular formula is C22H24BrN3O. The average molecular weight is 426 g/mol. The molecule has 0 N–H and O–H groups in total. The number of amides is 1. The Morgan fingerprint density at radius 2 is 1.89 bits per heavy atom. The lowest BCUT2D eigenvalue weighted by Crippen LogP contribution is -2.24. The number of carbonyl (C=O) groups excluding carboxylic acids is 1. The molecule has 1 saturated heterocycles. The summed E-state index contributed by atoms with van der Waals surface area (Å²) in [4.78, 5) is 19.5. The fourth-order valence-corrected chi connectivity index (χ4v) is 4.04. The fraction of sp³-hybridized carbons (Fsp3) is 0.364. The number of anilines is 1. The lowest BCUT2D eigenvalue weighted by atomic mass is 10.1. The molecule has 1 aromatic heterocycles. The van der Waals surface area contributed by atoms with Crippen LogP contribution in [0.1, 0.15) is 38.4 Å². The van der Waals surface area contributed by atoms with Gasteiger partial charge in [-0.15, -0.1) is 0 Å². The summed E-state index contributed by atoms with van der Waals surface area (Å²) in [7, 11) is 0. The number of para-hydroxylation sites is 2. The zero-order chi connectivity index (χ0) is 19.0. The number of hydrogen-bond donors (Lipinski definition) is 0. The van der Waals surface area contributed by atoms with Gasteiger partial charge in [-0.2, -0.15) is 0 Å². The molecule has 0 bridgehead atoms. The van der Waals surface area contributed by atoms with Gasteiger partial charge in [-0.25, -0.2) is 4.98 Å². The molecule has 1 fully saturated rings. The van der Waals surface area contributed by atoms with Gasteiger partial charge >= 0.3 is 0 Å². The molecule has 1 aliphatic rings. The first-order valence-corrected chi connectivity index (χ1v) is 10.3. The second-order valence-electron chi connectivity index (χ2n) is 7.67. The van der Waals surface area contributed by atoms with Crippen molar-refractivity contribution in [2.45, 2.75) is 39.2 Å². The normalized spacial score (nSPS) is 17.4. The summed E-state index contributed by atoms with van der Waals surface area (Å²) in [5.74, 6) is 1.97. The van der Waals surface area contributed by atoms with Crippen LogP contribution in [-0.4, -0.2) is 22.0 Å². The highest BCUT2D eigenvalue weighted by molar-refractivity contribution is 9.10. The molecule has 27 heavy (non-hydrogen) atoms. The Morgan fingerprint density at radius 3 is 2.63 bits per heavy atom. The number of benzene rings is 2. The van der Waals surface area contributed by atoms with Gasteiger partial charge in [0.05, 0.1) is 11.0 Å². The SMILES string of the molecule is CC(C)CCn1c([C@@H]2CC(=O)N(c3ccc(Br)cc3)C2)nc2ccccc21. The Labute approximate surface area is 168 Å². The number of imidazole rings is 1. The summed E-state index contributed by atoms with van der Waals surface area (Å²) in [5.41, 5.74) is 3.14. The smallest absolute Gasteiger partial charge is 0.227 e. The standard InChI is InChI=1S/C22H24BrN3O/c1-15(2)11-12-25-20-6-4-3-5-19(20)24-22(25)16-13-21(27)26(14-16)18-9-7-17(23)8-10-18/h3-10,15-16H,11-14H2,1-2H3/t16-/m1/s1. The summed E-state index contributed by atoms with van der Waals surface area (Å²) in [6.07, 6.45) is 1.62. The highest BCUT2D eigenvalue weighted by atomic mass is 79.9. The zero-order valence-electron chi connectivity index (χ0n) is 15.7. The van der Waals surface area contributed by atoms with Crippen LogP contribution in [0.15, 0.2) is 53.0 Å². The van der Waals surface area contributed by atoms with Crippen LogP contribution in [0.5, 0.6) is 0 Å². The van der Waals surface area contributed by atoms with Crippen molar-refractivity contribution in [3.63, 3.8) is 0 Å². The minimum atomic E-state index is 0.126. The van der Waals surface area contributed by atoms with Crippen LogP contribution in [0.3, 0.4) is 0 Å². The Hall–Kier alpha value is -2.14. The first-order valence-electron chi connectivity index (χ1n) is 9.54. The molecule has 140 valence electrons. The Balaban J connectivity index is 1.66. The van der Waals surface area contributed by atoms with E-state index in [4.69, 9.17) is 4.98 Å². The summed E-state index contributed by atoms with van der Waals surface area (Å²) >= 11 is 3.46. The monoisotopic (exact) mass is 425 g/mol. The van der Waals surface area contributed by atoms with Crippen LogP contribution >= 0.6 is 15.9 Å². The zero-order valence-corrected chi connectivity index (χ0v) is 17.3. The molecular weight excluding hydrogens is 402 g/mol. The molecule has 4 rings (SSSR count). The quantitative estimate of drug-likeness (QED) is 0.551. The summed E-state index contributed by atoms with van der Waals surface area (Å²) < 4.78 is 3.35. The number of hydrogen-bond acceptors (Lipinski definition) is 2. The molecule has 1 amide bonds. The van der Waals surface area contributed by atoms with Gasteiger partial charge in [0.15, 0.2) is 0 Å². The van der Waals surface area contributed by atoms with Crippen molar-refractivity contribution in [1.82, 2.24) is 9.55 Å². The Morgan fingerprint density at radius 1 is 1.15 bits per heavy atom. The molecule has 0 spiro atoms. The lowest BCUT2D eigenvalue weighted by molar-refractivity contribution is -0.117. The minimum absolute atomic E-state index is 0.126. The van der Waals surface area contributed by atoms with Gasteiger partial charge in [0.1, 0.15) is 5.82 Å². The van der Waals surface area contributed by atoms with Crippen molar-refractivity contribution in [1.29, 1.82) is 0 Å². The summed E-state index contributed by atoms with van der Waals surface area (Å²) in [6, 6.07) is 16.2. The highest BCUT2D eigenvalue weighted by Crippen LogP contribution is 2.33. The van der Waals surface area contributed by atoms with Crippen LogP contribution in [0.2, 0.25) is 0 Å². The maximum atomic E-state index is 12.7. The fourth-order valence-electron chi connectivity index (χ4n) is 3.78. The maximum absolute atomic E-state index is 12.7. The second-order valence-corrected chi connectivity index (χ2v) is 8.59. The average Bonchev–Trinajstić information content (AvgIpc) is 3.21. The van der Waals surface area contributed by atoms with E-state index < -0.39 is 0 Å². The van der Waals surface area contributed by atoms with E-state index in [0.29, 0.717) is 18.9 Å².